The van der Waals surface area contributed by atoms with Crippen molar-refractivity contribution in [2.45, 2.75) is 0 Å². The van der Waals surface area contributed by atoms with Crippen LogP contribution in [0.3, 0.4) is 0 Å². The van der Waals surface area contributed by atoms with E-state index in [1.165, 1.54) is 4.68 Å². The van der Waals surface area contributed by atoms with E-state index in [2.05, 4.69) is 21.9 Å². The van der Waals surface area contributed by atoms with Gasteiger partial charge in [0, 0.05) is 0 Å². The van der Waals surface area contributed by atoms with Gasteiger partial charge in [0.15, 0.2) is 0 Å². The number of hydrogen-bond acceptors (Lipinski definition) is 4. The van der Waals surface area contributed by atoms with Crippen LogP contribution in [-0.4, -0.2) is 27.7 Å². The molecule has 2 rings (SSSR count). The highest BCUT2D eigenvalue weighted by Gasteiger charge is 1.96. The van der Waals surface area contributed by atoms with E-state index in [-0.39, 0.29) is 0 Å². The van der Waals surface area contributed by atoms with Gasteiger partial charge in [-0.2, -0.15) is 9.78 Å². The number of ether oxygens (including phenoxy) is 1. The Morgan fingerprint density at radius 1 is 1.32 bits per heavy atom. The summed E-state index contributed by atoms with van der Waals surface area (Å²) in [6.45, 7) is 4.07. The van der Waals surface area contributed by atoms with Crippen LogP contribution < -0.4 is 4.74 Å². The van der Waals surface area contributed by atoms with Gasteiger partial charge in [0.1, 0.15) is 12.4 Å². The molecule has 98 valence electrons. The first-order chi connectivity index (χ1) is 9.20. The third-order valence-electron chi connectivity index (χ3n) is 2.21. The third kappa shape index (κ3) is 3.49. The Labute approximate surface area is 120 Å². The van der Waals surface area contributed by atoms with Gasteiger partial charge in [-0.15, -0.1) is 0 Å². The summed E-state index contributed by atoms with van der Waals surface area (Å²) in [6.07, 6.45) is 3.35. The largest absolute Gasteiger partial charge is 0.490 e. The maximum Gasteiger partial charge on any atom is 0.215 e. The van der Waals surface area contributed by atoms with E-state index in [4.69, 9.17) is 29.2 Å². The van der Waals surface area contributed by atoms with Crippen LogP contribution in [0.4, 0.5) is 0 Å². The monoisotopic (exact) mass is 292 g/mol. The molecule has 1 aromatic carbocycles. The van der Waals surface area contributed by atoms with E-state index in [1.54, 1.807) is 12.3 Å². The summed E-state index contributed by atoms with van der Waals surface area (Å²) in [4.78, 5) is 0. The molecule has 2 N–H and O–H groups in total. The number of aromatic amines is 2. The van der Waals surface area contributed by atoms with Gasteiger partial charge in [-0.3, -0.25) is 10.2 Å². The molecule has 1 heterocycles. The summed E-state index contributed by atoms with van der Waals surface area (Å²) in [5.74, 6) is 0.756. The smallest absolute Gasteiger partial charge is 0.215 e. The predicted molar refractivity (Wildman–Crippen MR) is 79.9 cm³/mol. The fraction of sp³-hybridized carbons (Fsp3) is 0.0833. The summed E-state index contributed by atoms with van der Waals surface area (Å²) in [6, 6.07) is 7.54. The molecule has 7 heteroatoms. The van der Waals surface area contributed by atoms with Crippen LogP contribution in [0.2, 0.25) is 0 Å². The minimum atomic E-state index is 0.417. The minimum absolute atomic E-state index is 0.417. The van der Waals surface area contributed by atoms with Crippen LogP contribution in [0.15, 0.2) is 42.0 Å². The van der Waals surface area contributed by atoms with E-state index in [9.17, 15) is 0 Å². The quantitative estimate of drug-likeness (QED) is 0.506. The number of nitrogens with one attached hydrogen (secondary N) is 2. The maximum atomic E-state index is 5.44. The number of nitrogens with zero attached hydrogens (tertiary/aromatic N) is 2. The molecule has 0 atom stereocenters. The topological polar surface area (TPSA) is 58.1 Å². The lowest BCUT2D eigenvalue weighted by Crippen LogP contribution is -1.94. The van der Waals surface area contributed by atoms with Crippen molar-refractivity contribution in [1.82, 2.24) is 14.9 Å². The molecule has 0 aliphatic heterocycles. The van der Waals surface area contributed by atoms with Crippen LogP contribution in [-0.2, 0) is 0 Å². The molecule has 0 fully saturated rings. The Hall–Kier alpha value is -1.99. The molecule has 0 bridgehead atoms. The Balaban J connectivity index is 2.21. The molecule has 2 aromatic rings. The number of H-pyrrole nitrogens is 2. The zero-order chi connectivity index (χ0) is 13.7. The molecular weight excluding hydrogens is 280 g/mol. The first kappa shape index (κ1) is 13.4. The molecule has 0 amide bonds. The van der Waals surface area contributed by atoms with Gasteiger partial charge in [0.25, 0.3) is 0 Å². The molecular formula is C12H12N4OS2. The highest BCUT2D eigenvalue weighted by molar-refractivity contribution is 7.72. The molecule has 1 aromatic heterocycles. The second-order valence-electron chi connectivity index (χ2n) is 3.59. The van der Waals surface area contributed by atoms with Crippen molar-refractivity contribution in [3.05, 3.63) is 52.0 Å². The van der Waals surface area contributed by atoms with Crippen molar-refractivity contribution >= 4 is 30.7 Å². The zero-order valence-electron chi connectivity index (χ0n) is 10.00. The molecule has 0 aliphatic carbocycles. The molecule has 19 heavy (non-hydrogen) atoms. The minimum Gasteiger partial charge on any atom is -0.490 e. The molecule has 0 radical (unpaired) electrons. The Kier molecular flexibility index (Phi) is 4.43. The predicted octanol–water partition coefficient (Wildman–Crippen LogP) is 3.05. The van der Waals surface area contributed by atoms with Crippen molar-refractivity contribution < 1.29 is 4.74 Å². The number of hydrogen-bond donors (Lipinski definition) is 2. The van der Waals surface area contributed by atoms with Crippen LogP contribution in [0.1, 0.15) is 5.56 Å². The van der Waals surface area contributed by atoms with Gasteiger partial charge < -0.3 is 4.74 Å². The summed E-state index contributed by atoms with van der Waals surface area (Å²) in [7, 11) is 0. The highest BCUT2D eigenvalue weighted by Crippen LogP contribution is 2.12. The van der Waals surface area contributed by atoms with Crippen LogP contribution in [0.5, 0.6) is 5.75 Å². The lowest BCUT2D eigenvalue weighted by Gasteiger charge is -2.03. The number of aromatic nitrogens is 3. The van der Waals surface area contributed by atoms with Gasteiger partial charge in [0.05, 0.1) is 6.21 Å². The SMILES string of the molecule is C=CCOc1cccc(/C=N\n2c(=S)[nH][nH]c2=S)c1. The molecule has 0 aliphatic rings. The fourth-order valence-electron chi connectivity index (χ4n) is 1.37. The average Bonchev–Trinajstić information content (AvgIpc) is 2.74. The lowest BCUT2D eigenvalue weighted by atomic mass is 10.2. The molecule has 0 saturated heterocycles. The normalized spacial score (nSPS) is 10.7. The van der Waals surface area contributed by atoms with E-state index in [0.29, 0.717) is 16.1 Å². The first-order valence-corrected chi connectivity index (χ1v) is 6.30. The van der Waals surface area contributed by atoms with Crippen LogP contribution >= 0.6 is 24.4 Å². The second-order valence-corrected chi connectivity index (χ2v) is 4.36. The average molecular weight is 292 g/mol. The van der Waals surface area contributed by atoms with E-state index < -0.39 is 0 Å². The Morgan fingerprint density at radius 2 is 2.05 bits per heavy atom. The standard InChI is InChI=1S/C12H12N4OS2/c1-2-6-17-10-5-3-4-9(7-10)8-13-16-11(18)14-15-12(16)19/h2-5,7-8H,1,6H2,(H,14,18)(H,15,19)/b13-8-. The van der Waals surface area contributed by atoms with Gasteiger partial charge in [-0.05, 0) is 42.1 Å². The highest BCUT2D eigenvalue weighted by atomic mass is 32.1. The van der Waals surface area contributed by atoms with Crippen molar-refractivity contribution in [2.75, 3.05) is 6.61 Å². The van der Waals surface area contributed by atoms with E-state index in [0.717, 1.165) is 11.3 Å². The number of rotatable bonds is 5. The van der Waals surface area contributed by atoms with Crippen molar-refractivity contribution in [3.63, 3.8) is 0 Å². The number of benzene rings is 1. The van der Waals surface area contributed by atoms with Crippen LogP contribution in [0.25, 0.3) is 0 Å². The molecule has 0 saturated carbocycles. The van der Waals surface area contributed by atoms with E-state index in [1.807, 2.05) is 24.3 Å². The Bertz CT molecular complexity index is 683. The molecule has 0 unspecified atom stereocenters. The van der Waals surface area contributed by atoms with Gasteiger partial charge in [-0.1, -0.05) is 24.8 Å². The summed E-state index contributed by atoms with van der Waals surface area (Å²) in [5, 5.41) is 9.63. The summed E-state index contributed by atoms with van der Waals surface area (Å²) in [5.41, 5.74) is 0.888. The zero-order valence-corrected chi connectivity index (χ0v) is 11.6. The molecule has 0 spiro atoms. The fourth-order valence-corrected chi connectivity index (χ4v) is 1.81. The van der Waals surface area contributed by atoms with Crippen molar-refractivity contribution in [3.8, 4) is 5.75 Å². The van der Waals surface area contributed by atoms with Crippen molar-refractivity contribution in [2.24, 2.45) is 5.10 Å². The lowest BCUT2D eigenvalue weighted by molar-refractivity contribution is 0.363. The second kappa shape index (κ2) is 6.26. The van der Waals surface area contributed by atoms with Gasteiger partial charge in [-0.25, -0.2) is 0 Å². The maximum absolute atomic E-state index is 5.44. The van der Waals surface area contributed by atoms with Gasteiger partial charge in [0.2, 0.25) is 9.54 Å². The van der Waals surface area contributed by atoms with Crippen molar-refractivity contribution in [1.29, 1.82) is 0 Å². The Morgan fingerprint density at radius 3 is 2.74 bits per heavy atom. The van der Waals surface area contributed by atoms with Crippen LogP contribution in [0, 0.1) is 9.54 Å². The first-order valence-electron chi connectivity index (χ1n) is 5.48. The van der Waals surface area contributed by atoms with E-state index >= 15 is 0 Å². The summed E-state index contributed by atoms with van der Waals surface area (Å²) < 4.78 is 7.71. The molecule has 5 nitrogen and oxygen atoms in total. The van der Waals surface area contributed by atoms with Gasteiger partial charge >= 0.3 is 0 Å². The third-order valence-corrected chi connectivity index (χ3v) is 2.76. The summed E-state index contributed by atoms with van der Waals surface area (Å²) >= 11 is 10.1.